The Hall–Kier alpha value is -0.170. The van der Waals surface area contributed by atoms with E-state index < -0.39 is 0 Å². The second-order valence-electron chi connectivity index (χ2n) is 5.85. The van der Waals surface area contributed by atoms with E-state index in [1.807, 2.05) is 0 Å². The monoisotopic (exact) mass is 222 g/mol. The minimum atomic E-state index is 0.311. The van der Waals surface area contributed by atoms with E-state index in [1.165, 1.54) is 10.4 Å². The van der Waals surface area contributed by atoms with Crippen LogP contribution in [-0.4, -0.2) is 4.86 Å². The maximum Gasteiger partial charge on any atom is 0.0113 e. The van der Waals surface area contributed by atoms with Crippen molar-refractivity contribution in [2.24, 2.45) is 29.1 Å². The van der Waals surface area contributed by atoms with Crippen LogP contribution >= 0.6 is 12.2 Å². The number of thiocarbonyl (C=S) groups is 1. The number of hydrogen-bond acceptors (Lipinski definition) is 1. The lowest BCUT2D eigenvalue weighted by Crippen LogP contribution is -2.35. The molecule has 0 aromatic heterocycles. The van der Waals surface area contributed by atoms with Crippen LogP contribution in [0.1, 0.15) is 40.5 Å². The van der Waals surface area contributed by atoms with Gasteiger partial charge in [0.2, 0.25) is 0 Å². The standard InChI is InChI=1S/C14H22S/c1-8-6-13(15)14(11(8)4)7-9(2)10(3)12(14)5/h8,10-12H,2,6-7H2,1,3-5H3/t8?,10-,11?,12-,14-/m0/s1. The van der Waals surface area contributed by atoms with E-state index in [0.29, 0.717) is 17.3 Å². The minimum absolute atomic E-state index is 0.311. The Morgan fingerprint density at radius 3 is 2.13 bits per heavy atom. The van der Waals surface area contributed by atoms with Gasteiger partial charge in [0.05, 0.1) is 0 Å². The number of hydrogen-bond donors (Lipinski definition) is 0. The summed E-state index contributed by atoms with van der Waals surface area (Å²) < 4.78 is 0. The molecular weight excluding hydrogens is 200 g/mol. The van der Waals surface area contributed by atoms with Gasteiger partial charge in [-0.3, -0.25) is 0 Å². The summed E-state index contributed by atoms with van der Waals surface area (Å²) in [5, 5.41) is 0. The van der Waals surface area contributed by atoms with Crippen LogP contribution in [-0.2, 0) is 0 Å². The van der Waals surface area contributed by atoms with Crippen LogP contribution in [0.4, 0.5) is 0 Å². The maximum absolute atomic E-state index is 5.69. The lowest BCUT2D eigenvalue weighted by Gasteiger charge is -2.36. The summed E-state index contributed by atoms with van der Waals surface area (Å²) in [5.41, 5.74) is 1.73. The quantitative estimate of drug-likeness (QED) is 0.436. The molecule has 2 fully saturated rings. The first-order valence-electron chi connectivity index (χ1n) is 6.12. The third-order valence-electron chi connectivity index (χ3n) is 5.42. The second-order valence-corrected chi connectivity index (χ2v) is 6.34. The number of allylic oxidation sites excluding steroid dienone is 1. The summed E-state index contributed by atoms with van der Waals surface area (Å²) in [6, 6.07) is 0. The molecule has 0 heterocycles. The lowest BCUT2D eigenvalue weighted by molar-refractivity contribution is 0.183. The molecule has 2 aliphatic rings. The maximum atomic E-state index is 5.69. The minimum Gasteiger partial charge on any atom is -0.0995 e. The molecule has 0 amide bonds. The zero-order valence-electron chi connectivity index (χ0n) is 10.3. The Labute approximate surface area is 99.1 Å². The highest BCUT2D eigenvalue weighted by Gasteiger charge is 2.56. The highest BCUT2D eigenvalue weighted by Crippen LogP contribution is 2.60. The van der Waals surface area contributed by atoms with Gasteiger partial charge in [-0.05, 0) is 36.5 Å². The van der Waals surface area contributed by atoms with Gasteiger partial charge in [0.1, 0.15) is 0 Å². The predicted molar refractivity (Wildman–Crippen MR) is 70.1 cm³/mol. The molecule has 2 unspecified atom stereocenters. The van der Waals surface area contributed by atoms with Gasteiger partial charge >= 0.3 is 0 Å². The zero-order chi connectivity index (χ0) is 11.4. The molecule has 2 rings (SSSR count). The molecule has 1 heteroatoms. The molecule has 5 atom stereocenters. The summed E-state index contributed by atoms with van der Waals surface area (Å²) >= 11 is 5.69. The fourth-order valence-corrected chi connectivity index (χ4v) is 4.55. The fourth-order valence-electron chi connectivity index (χ4n) is 3.85. The summed E-state index contributed by atoms with van der Waals surface area (Å²) in [5.74, 6) is 2.84. The third kappa shape index (κ3) is 1.28. The molecule has 0 nitrogen and oxygen atoms in total. The third-order valence-corrected chi connectivity index (χ3v) is 5.97. The van der Waals surface area contributed by atoms with E-state index in [1.54, 1.807) is 0 Å². The summed E-state index contributed by atoms with van der Waals surface area (Å²) in [7, 11) is 0. The van der Waals surface area contributed by atoms with Gasteiger partial charge in [0.15, 0.2) is 0 Å². The van der Waals surface area contributed by atoms with E-state index in [4.69, 9.17) is 12.2 Å². The van der Waals surface area contributed by atoms with Crippen LogP contribution in [0.2, 0.25) is 0 Å². The van der Waals surface area contributed by atoms with Crippen molar-refractivity contribution in [2.75, 3.05) is 0 Å². The van der Waals surface area contributed by atoms with Crippen LogP contribution in [0, 0.1) is 29.1 Å². The normalized spacial score (nSPS) is 50.7. The molecule has 1 spiro atoms. The van der Waals surface area contributed by atoms with Gasteiger partial charge in [0, 0.05) is 10.3 Å². The van der Waals surface area contributed by atoms with Crippen LogP contribution in [0.3, 0.4) is 0 Å². The average molecular weight is 222 g/mol. The predicted octanol–water partition coefficient (Wildman–Crippen LogP) is 4.25. The van der Waals surface area contributed by atoms with Gasteiger partial charge in [-0.15, -0.1) is 0 Å². The number of rotatable bonds is 0. The molecule has 15 heavy (non-hydrogen) atoms. The molecular formula is C14H22S. The summed E-state index contributed by atoms with van der Waals surface area (Å²) in [6.07, 6.45) is 2.31. The van der Waals surface area contributed by atoms with Gasteiger partial charge in [-0.25, -0.2) is 0 Å². The molecule has 0 N–H and O–H groups in total. The zero-order valence-corrected chi connectivity index (χ0v) is 11.2. The summed E-state index contributed by atoms with van der Waals surface area (Å²) in [6.45, 7) is 13.7. The Balaban J connectivity index is 2.42. The molecule has 0 aromatic rings. The lowest BCUT2D eigenvalue weighted by atomic mass is 9.69. The molecule has 0 aliphatic heterocycles. The smallest absolute Gasteiger partial charge is 0.0113 e. The van der Waals surface area contributed by atoms with Gasteiger partial charge < -0.3 is 0 Å². The van der Waals surface area contributed by atoms with Crippen LogP contribution < -0.4 is 0 Å². The molecule has 0 aromatic carbocycles. The molecule has 2 saturated carbocycles. The Bertz CT molecular complexity index is 317. The van der Waals surface area contributed by atoms with Gasteiger partial charge in [0.25, 0.3) is 0 Å². The molecule has 0 radical (unpaired) electrons. The van der Waals surface area contributed by atoms with Crippen molar-refractivity contribution in [2.45, 2.75) is 40.5 Å². The van der Waals surface area contributed by atoms with Crippen LogP contribution in [0.15, 0.2) is 12.2 Å². The molecule has 0 bridgehead atoms. The highest BCUT2D eigenvalue weighted by molar-refractivity contribution is 7.80. The molecule has 2 aliphatic carbocycles. The first-order chi connectivity index (χ1) is 6.91. The van der Waals surface area contributed by atoms with E-state index >= 15 is 0 Å². The summed E-state index contributed by atoms with van der Waals surface area (Å²) in [4.78, 5) is 1.33. The van der Waals surface area contributed by atoms with E-state index in [-0.39, 0.29) is 0 Å². The van der Waals surface area contributed by atoms with Crippen molar-refractivity contribution < 1.29 is 0 Å². The molecule has 0 saturated heterocycles. The fraction of sp³-hybridized carbons (Fsp3) is 0.786. The van der Waals surface area contributed by atoms with Gasteiger partial charge in [-0.2, -0.15) is 0 Å². The topological polar surface area (TPSA) is 0 Å². The highest BCUT2D eigenvalue weighted by atomic mass is 32.1. The van der Waals surface area contributed by atoms with Crippen molar-refractivity contribution in [3.8, 4) is 0 Å². The van der Waals surface area contributed by atoms with Crippen molar-refractivity contribution in [1.82, 2.24) is 0 Å². The first kappa shape index (κ1) is 11.3. The Kier molecular flexibility index (Phi) is 2.57. The SMILES string of the molecule is C=C1C[C@@]2(C(=S)CC(C)C2C)[C@@H](C)[C@H]1C. The van der Waals surface area contributed by atoms with Crippen molar-refractivity contribution in [3.63, 3.8) is 0 Å². The molecule has 84 valence electrons. The van der Waals surface area contributed by atoms with Crippen molar-refractivity contribution in [1.29, 1.82) is 0 Å². The largest absolute Gasteiger partial charge is 0.0995 e. The Morgan fingerprint density at radius 2 is 1.80 bits per heavy atom. The van der Waals surface area contributed by atoms with E-state index in [9.17, 15) is 0 Å². The van der Waals surface area contributed by atoms with Crippen LogP contribution in [0.25, 0.3) is 0 Å². The first-order valence-corrected chi connectivity index (χ1v) is 6.53. The van der Waals surface area contributed by atoms with Crippen LogP contribution in [0.5, 0.6) is 0 Å². The Morgan fingerprint density at radius 1 is 1.20 bits per heavy atom. The van der Waals surface area contributed by atoms with Crippen molar-refractivity contribution >= 4 is 17.1 Å². The second kappa shape index (κ2) is 3.41. The van der Waals surface area contributed by atoms with E-state index in [2.05, 4.69) is 34.3 Å². The van der Waals surface area contributed by atoms with E-state index in [0.717, 1.165) is 24.7 Å². The van der Waals surface area contributed by atoms with Gasteiger partial charge in [-0.1, -0.05) is 52.1 Å². The van der Waals surface area contributed by atoms with Crippen molar-refractivity contribution in [3.05, 3.63) is 12.2 Å². The average Bonchev–Trinajstić information content (AvgIpc) is 2.53.